The molecule has 0 fully saturated rings. The Balaban J connectivity index is 3.40. The van der Waals surface area contributed by atoms with Crippen molar-refractivity contribution in [1.29, 1.82) is 0 Å². The molecule has 0 spiro atoms. The van der Waals surface area contributed by atoms with Crippen molar-refractivity contribution >= 4 is 22.0 Å². The summed E-state index contributed by atoms with van der Waals surface area (Å²) in [6.45, 7) is 6.78. The van der Waals surface area contributed by atoms with Crippen LogP contribution in [-0.4, -0.2) is 35.3 Å². The van der Waals surface area contributed by atoms with Gasteiger partial charge >= 0.3 is 146 Å². The van der Waals surface area contributed by atoms with Gasteiger partial charge in [0.15, 0.2) is 0 Å². The van der Waals surface area contributed by atoms with E-state index >= 15 is 0 Å². The van der Waals surface area contributed by atoms with Crippen molar-refractivity contribution in [3.63, 3.8) is 0 Å². The topological polar surface area (TPSA) is 44.1 Å². The van der Waals surface area contributed by atoms with Crippen LogP contribution in [0.2, 0.25) is 13.3 Å². The number of methoxy groups -OCH3 is 1. The van der Waals surface area contributed by atoms with Crippen LogP contribution in [0.1, 0.15) is 59.3 Å². The van der Waals surface area contributed by atoms with Gasteiger partial charge < -0.3 is 0 Å². The Hall–Kier alpha value is -0.521. The van der Waals surface area contributed by atoms with Gasteiger partial charge in [-0.2, -0.15) is 0 Å². The number of nitrogens with zero attached hydrogens (tertiary/aromatic N) is 2. The Morgan fingerprint density at radius 3 is 1.91 bits per heavy atom. The number of rotatable bonds is 11. The van der Waals surface area contributed by atoms with Gasteiger partial charge in [0, 0.05) is 0 Å². The number of ether oxygens (including phenoxy) is 1. The predicted molar refractivity (Wildman–Crippen MR) is 101 cm³/mol. The van der Waals surface area contributed by atoms with Crippen molar-refractivity contribution in [3.8, 4) is 5.75 Å². The van der Waals surface area contributed by atoms with Crippen molar-refractivity contribution in [2.75, 3.05) is 7.11 Å². The van der Waals surface area contributed by atoms with Crippen LogP contribution in [0.4, 0.5) is 0 Å². The SMILES string of the molecule is CCC[CH2][Sn]([CH2]CCC)([CH2]CCC)[c]1cnn(C)c(=O)c1OC. The van der Waals surface area contributed by atoms with E-state index in [1.165, 1.54) is 60.1 Å². The predicted octanol–water partition coefficient (Wildman–Crippen LogP) is 3.85. The van der Waals surface area contributed by atoms with Gasteiger partial charge in [-0.15, -0.1) is 0 Å². The molecule has 0 radical (unpaired) electrons. The Labute approximate surface area is 145 Å². The van der Waals surface area contributed by atoms with Gasteiger partial charge in [-0.25, -0.2) is 0 Å². The summed E-state index contributed by atoms with van der Waals surface area (Å²) in [6, 6.07) is 0. The molecule has 1 rings (SSSR count). The molecule has 23 heavy (non-hydrogen) atoms. The molecule has 0 atom stereocenters. The van der Waals surface area contributed by atoms with E-state index in [9.17, 15) is 4.79 Å². The summed E-state index contributed by atoms with van der Waals surface area (Å²) in [7, 11) is 3.34. The summed E-state index contributed by atoms with van der Waals surface area (Å²) in [5.41, 5.74) is -0.0735. The van der Waals surface area contributed by atoms with Gasteiger partial charge in [-0.05, 0) is 0 Å². The van der Waals surface area contributed by atoms with E-state index in [4.69, 9.17) is 4.74 Å². The Morgan fingerprint density at radius 2 is 1.52 bits per heavy atom. The van der Waals surface area contributed by atoms with Crippen LogP contribution in [-0.2, 0) is 7.05 Å². The van der Waals surface area contributed by atoms with Crippen LogP contribution in [0.25, 0.3) is 0 Å². The maximum atomic E-state index is 12.5. The third kappa shape index (κ3) is 5.23. The summed E-state index contributed by atoms with van der Waals surface area (Å²) in [5.74, 6) is 0.585. The molecule has 1 aromatic rings. The molecule has 1 heterocycles. The molecule has 0 N–H and O–H groups in total. The first-order valence-corrected chi connectivity index (χ1v) is 16.6. The molecule has 4 nitrogen and oxygen atoms in total. The zero-order valence-electron chi connectivity index (χ0n) is 15.7. The van der Waals surface area contributed by atoms with Gasteiger partial charge in [0.05, 0.1) is 0 Å². The second kappa shape index (κ2) is 10.4. The minimum atomic E-state index is -2.66. The van der Waals surface area contributed by atoms with Gasteiger partial charge in [0.1, 0.15) is 0 Å². The molecule has 0 saturated heterocycles. The number of hydrogen-bond acceptors (Lipinski definition) is 3. The summed E-state index contributed by atoms with van der Waals surface area (Å²) < 4.78 is 12.2. The molecule has 0 saturated carbocycles. The normalized spacial score (nSPS) is 11.7. The monoisotopic (exact) mass is 430 g/mol. The van der Waals surface area contributed by atoms with Gasteiger partial charge in [-0.1, -0.05) is 0 Å². The maximum absolute atomic E-state index is 12.5. The van der Waals surface area contributed by atoms with Crippen LogP contribution in [0, 0.1) is 0 Å². The number of aryl methyl sites for hydroxylation is 1. The zero-order valence-corrected chi connectivity index (χ0v) is 18.5. The van der Waals surface area contributed by atoms with Gasteiger partial charge in [-0.3, -0.25) is 0 Å². The quantitative estimate of drug-likeness (QED) is 0.503. The Bertz CT molecular complexity index is 506. The summed E-state index contributed by atoms with van der Waals surface area (Å²) in [5, 5.41) is 4.35. The first-order chi connectivity index (χ1) is 11.1. The third-order valence-corrected chi connectivity index (χ3v) is 20.4. The van der Waals surface area contributed by atoms with E-state index in [2.05, 4.69) is 25.9 Å². The second-order valence-electron chi connectivity index (χ2n) is 6.61. The van der Waals surface area contributed by atoms with E-state index in [1.807, 2.05) is 6.20 Å². The molecule has 0 unspecified atom stereocenters. The molecule has 5 heteroatoms. The van der Waals surface area contributed by atoms with E-state index in [0.717, 1.165) is 0 Å². The van der Waals surface area contributed by atoms with Gasteiger partial charge in [0.25, 0.3) is 0 Å². The van der Waals surface area contributed by atoms with Crippen molar-refractivity contribution in [3.05, 3.63) is 16.6 Å². The first-order valence-electron chi connectivity index (χ1n) is 9.17. The number of hydrogen-bond donors (Lipinski definition) is 0. The molecule has 0 aliphatic carbocycles. The van der Waals surface area contributed by atoms with Crippen molar-refractivity contribution in [1.82, 2.24) is 9.78 Å². The summed E-state index contributed by atoms with van der Waals surface area (Å²) in [4.78, 5) is 12.5. The molecule has 0 amide bonds. The number of unbranched alkanes of at least 4 members (excludes halogenated alkanes) is 3. The van der Waals surface area contributed by atoms with Crippen molar-refractivity contribution in [2.45, 2.75) is 72.6 Å². The van der Waals surface area contributed by atoms with E-state index in [1.54, 1.807) is 14.2 Å². The van der Waals surface area contributed by atoms with E-state index in [-0.39, 0.29) is 5.56 Å². The standard InChI is InChI=1S/C6H7N2O2.3C4H9.Sn/c1-8-6(9)5(10-2)3-4-7-8;3*1-3-4-2;/h4H,1-2H3;3*1,3-4H2,2H3;. The van der Waals surface area contributed by atoms with Crippen molar-refractivity contribution in [2.24, 2.45) is 7.05 Å². The molecule has 1 aromatic heterocycles. The molecule has 0 aliphatic heterocycles. The third-order valence-electron chi connectivity index (χ3n) is 4.89. The van der Waals surface area contributed by atoms with Crippen LogP contribution < -0.4 is 13.9 Å². The molecule has 0 aromatic carbocycles. The molecule has 132 valence electrons. The average Bonchev–Trinajstić information content (AvgIpc) is 2.57. The fourth-order valence-corrected chi connectivity index (χ4v) is 19.6. The Kier molecular flexibility index (Phi) is 9.25. The molecular formula is C18H34N2O2Sn. The van der Waals surface area contributed by atoms with E-state index in [0.29, 0.717) is 5.75 Å². The Morgan fingerprint density at radius 1 is 1.04 bits per heavy atom. The van der Waals surface area contributed by atoms with Crippen LogP contribution >= 0.6 is 0 Å². The average molecular weight is 429 g/mol. The van der Waals surface area contributed by atoms with Crippen molar-refractivity contribution < 1.29 is 4.74 Å². The fourth-order valence-electron chi connectivity index (χ4n) is 3.42. The van der Waals surface area contributed by atoms with Crippen LogP contribution in [0.3, 0.4) is 0 Å². The summed E-state index contributed by atoms with van der Waals surface area (Å²) >= 11 is -2.66. The van der Waals surface area contributed by atoms with Gasteiger partial charge in [0.2, 0.25) is 0 Å². The molecular weight excluding hydrogens is 395 g/mol. The van der Waals surface area contributed by atoms with Crippen LogP contribution in [0.5, 0.6) is 5.75 Å². The minimum absolute atomic E-state index is 0.0735. The molecule has 0 aliphatic rings. The van der Waals surface area contributed by atoms with E-state index < -0.39 is 18.4 Å². The van der Waals surface area contributed by atoms with Crippen LogP contribution in [0.15, 0.2) is 11.0 Å². The fraction of sp³-hybridized carbons (Fsp3) is 0.778. The number of aromatic nitrogens is 2. The zero-order chi connectivity index (χ0) is 17.3. The first kappa shape index (κ1) is 20.5. The summed E-state index contributed by atoms with van der Waals surface area (Å²) in [6.07, 6.45) is 9.43. The molecule has 0 bridgehead atoms. The second-order valence-corrected chi connectivity index (χ2v) is 19.7.